The quantitative estimate of drug-likeness (QED) is 0.513. The molecule has 1 saturated heterocycles. The summed E-state index contributed by atoms with van der Waals surface area (Å²) in [6.07, 6.45) is 1.51. The second-order valence-corrected chi connectivity index (χ2v) is 9.34. The smallest absolute Gasteiger partial charge is 0.329 e. The molecule has 31 heavy (non-hydrogen) atoms. The Morgan fingerprint density at radius 1 is 1.10 bits per heavy atom. The highest BCUT2D eigenvalue weighted by Crippen LogP contribution is 2.45. The lowest BCUT2D eigenvalue weighted by Crippen LogP contribution is -2.38. The SMILES string of the molecule is CC(F)(F)n1ccc(S(=O)(=O)n2nc(N3CC(F)(F)C(F)(F)C3)c3c(Cl)cccc32)c1. The van der Waals surface area contributed by atoms with Crippen LogP contribution in [0.3, 0.4) is 0 Å². The van der Waals surface area contributed by atoms with Crippen molar-refractivity contribution < 1.29 is 34.8 Å². The molecular weight excluding hydrogens is 474 g/mol. The number of aromatic nitrogens is 3. The molecule has 3 aromatic rings. The Bertz CT molecular complexity index is 1270. The molecule has 0 radical (unpaired) electrons. The van der Waals surface area contributed by atoms with E-state index >= 15 is 0 Å². The zero-order valence-corrected chi connectivity index (χ0v) is 17.1. The predicted octanol–water partition coefficient (Wildman–Crippen LogP) is 4.39. The van der Waals surface area contributed by atoms with Crippen LogP contribution in [0, 0.1) is 0 Å². The van der Waals surface area contributed by atoms with Gasteiger partial charge in [-0.2, -0.15) is 38.8 Å². The van der Waals surface area contributed by atoms with Gasteiger partial charge in [-0.25, -0.2) is 0 Å². The summed E-state index contributed by atoms with van der Waals surface area (Å²) in [6, 6.07) is 1.42. The fourth-order valence-electron chi connectivity index (χ4n) is 3.28. The first-order chi connectivity index (χ1) is 14.1. The average molecular weight is 487 g/mol. The first kappa shape index (κ1) is 21.8. The minimum atomic E-state index is -4.60. The molecule has 2 aromatic heterocycles. The number of hydrogen-bond acceptors (Lipinski definition) is 4. The number of anilines is 1. The molecule has 1 fully saturated rings. The number of rotatable bonds is 4. The summed E-state index contributed by atoms with van der Waals surface area (Å²) in [4.78, 5) is -0.0203. The van der Waals surface area contributed by atoms with E-state index in [2.05, 4.69) is 5.10 Å². The number of alkyl halides is 6. The van der Waals surface area contributed by atoms with E-state index in [1.54, 1.807) is 0 Å². The summed E-state index contributed by atoms with van der Waals surface area (Å²) in [6.45, 7) is -2.26. The van der Waals surface area contributed by atoms with Crippen LogP contribution in [-0.4, -0.2) is 47.1 Å². The van der Waals surface area contributed by atoms with Crippen molar-refractivity contribution in [3.05, 3.63) is 41.7 Å². The lowest BCUT2D eigenvalue weighted by molar-refractivity contribution is -0.172. The number of hydrogen-bond donors (Lipinski definition) is 0. The highest BCUT2D eigenvalue weighted by molar-refractivity contribution is 7.90. The van der Waals surface area contributed by atoms with Crippen molar-refractivity contribution >= 4 is 38.3 Å². The van der Waals surface area contributed by atoms with Gasteiger partial charge < -0.3 is 4.90 Å². The monoisotopic (exact) mass is 486 g/mol. The molecule has 14 heteroatoms. The summed E-state index contributed by atoms with van der Waals surface area (Å²) < 4.78 is 109. The molecule has 0 bridgehead atoms. The average Bonchev–Trinajstić information content (AvgIpc) is 3.31. The van der Waals surface area contributed by atoms with Crippen molar-refractivity contribution in [2.75, 3.05) is 18.0 Å². The van der Waals surface area contributed by atoms with Gasteiger partial charge >= 0.3 is 17.9 Å². The molecule has 0 amide bonds. The third-order valence-corrected chi connectivity index (χ3v) is 6.75. The Labute approximate surface area is 176 Å². The van der Waals surface area contributed by atoms with Crippen LogP contribution >= 0.6 is 11.6 Å². The molecule has 1 aromatic carbocycles. The maximum absolute atomic E-state index is 13.7. The van der Waals surface area contributed by atoms with E-state index in [9.17, 15) is 34.8 Å². The van der Waals surface area contributed by atoms with Crippen LogP contribution in [-0.2, 0) is 16.1 Å². The Morgan fingerprint density at radius 2 is 1.71 bits per heavy atom. The van der Waals surface area contributed by atoms with Gasteiger partial charge in [0, 0.05) is 19.3 Å². The van der Waals surface area contributed by atoms with Crippen molar-refractivity contribution in [2.24, 2.45) is 0 Å². The Kier molecular flexibility index (Phi) is 4.60. The second kappa shape index (κ2) is 6.55. The fourth-order valence-corrected chi connectivity index (χ4v) is 4.81. The molecule has 0 atom stereocenters. The molecule has 0 spiro atoms. The molecule has 6 nitrogen and oxygen atoms in total. The summed E-state index contributed by atoms with van der Waals surface area (Å²) in [5.74, 6) is -9.22. The number of halogens is 7. The fraction of sp³-hybridized carbons (Fsp3) is 0.353. The summed E-state index contributed by atoms with van der Waals surface area (Å²) in [7, 11) is -4.60. The first-order valence-corrected chi connectivity index (χ1v) is 10.5. The lowest BCUT2D eigenvalue weighted by atomic mass is 10.2. The van der Waals surface area contributed by atoms with E-state index in [0.717, 1.165) is 12.3 Å². The number of nitrogens with zero attached hydrogens (tertiary/aromatic N) is 4. The van der Waals surface area contributed by atoms with Gasteiger partial charge in [0.05, 0.1) is 29.0 Å². The molecule has 4 rings (SSSR count). The Hall–Kier alpha value is -2.41. The van der Waals surface area contributed by atoms with E-state index in [1.807, 2.05) is 0 Å². The number of fused-ring (bicyclic) bond motifs is 1. The minimum absolute atomic E-state index is 0.106. The Balaban J connectivity index is 1.89. The van der Waals surface area contributed by atoms with Crippen molar-refractivity contribution in [1.82, 2.24) is 13.8 Å². The zero-order chi connectivity index (χ0) is 23.0. The second-order valence-electron chi connectivity index (χ2n) is 7.17. The molecule has 0 aliphatic carbocycles. The van der Waals surface area contributed by atoms with Crippen LogP contribution in [0.2, 0.25) is 5.02 Å². The van der Waals surface area contributed by atoms with Gasteiger partial charge in [0.15, 0.2) is 5.82 Å². The van der Waals surface area contributed by atoms with Crippen LogP contribution in [0.5, 0.6) is 0 Å². The van der Waals surface area contributed by atoms with E-state index in [4.69, 9.17) is 11.6 Å². The van der Waals surface area contributed by atoms with Gasteiger partial charge in [0.25, 0.3) is 10.0 Å². The van der Waals surface area contributed by atoms with E-state index < -0.39 is 51.7 Å². The standard InChI is InChI=1S/C17H13ClF6N4O2S/c1-15(19,20)27-6-5-10(7-27)31(29,30)28-12-4-2-3-11(18)13(12)14(25-28)26-8-16(21,22)17(23,24)9-26/h2-7H,8-9H2,1H3. The highest BCUT2D eigenvalue weighted by Gasteiger charge is 2.63. The predicted molar refractivity (Wildman–Crippen MR) is 99.7 cm³/mol. The van der Waals surface area contributed by atoms with E-state index in [-0.39, 0.29) is 15.9 Å². The molecule has 1 aliphatic heterocycles. The molecule has 3 heterocycles. The summed E-state index contributed by atoms with van der Waals surface area (Å²) in [5.41, 5.74) is -0.183. The van der Waals surface area contributed by atoms with Gasteiger partial charge in [-0.05, 0) is 18.2 Å². The van der Waals surface area contributed by atoms with Crippen LogP contribution in [0.15, 0.2) is 41.6 Å². The van der Waals surface area contributed by atoms with Gasteiger partial charge in [-0.3, -0.25) is 4.57 Å². The summed E-state index contributed by atoms with van der Waals surface area (Å²) in [5, 5.41) is 3.55. The maximum Gasteiger partial charge on any atom is 0.329 e. The molecule has 168 valence electrons. The Morgan fingerprint density at radius 3 is 2.26 bits per heavy atom. The van der Waals surface area contributed by atoms with Gasteiger partial charge in [-0.1, -0.05) is 17.7 Å². The van der Waals surface area contributed by atoms with Crippen LogP contribution in [0.25, 0.3) is 10.9 Å². The largest absolute Gasteiger partial charge is 0.342 e. The molecule has 0 saturated carbocycles. The third kappa shape index (κ3) is 3.34. The highest BCUT2D eigenvalue weighted by atomic mass is 35.5. The third-order valence-electron chi connectivity index (χ3n) is 4.87. The van der Waals surface area contributed by atoms with Gasteiger partial charge in [0.2, 0.25) is 0 Å². The molecule has 0 N–H and O–H groups in total. The van der Waals surface area contributed by atoms with Crippen LogP contribution in [0.1, 0.15) is 6.92 Å². The van der Waals surface area contributed by atoms with Crippen molar-refractivity contribution in [1.29, 1.82) is 0 Å². The first-order valence-electron chi connectivity index (χ1n) is 8.65. The van der Waals surface area contributed by atoms with Gasteiger partial charge in [-0.15, -0.1) is 5.10 Å². The molecule has 1 aliphatic rings. The topological polar surface area (TPSA) is 60.1 Å². The number of benzene rings is 1. The lowest BCUT2D eigenvalue weighted by Gasteiger charge is -2.14. The van der Waals surface area contributed by atoms with Crippen molar-refractivity contribution in [2.45, 2.75) is 29.7 Å². The minimum Gasteiger partial charge on any atom is -0.342 e. The van der Waals surface area contributed by atoms with Crippen LogP contribution < -0.4 is 4.90 Å². The maximum atomic E-state index is 13.7. The normalized spacial score (nSPS) is 18.8. The summed E-state index contributed by atoms with van der Waals surface area (Å²) >= 11 is 6.10. The van der Waals surface area contributed by atoms with Gasteiger partial charge in [0.1, 0.15) is 4.90 Å². The molecular formula is C17H13ClF6N4O2S. The van der Waals surface area contributed by atoms with Crippen molar-refractivity contribution in [3.8, 4) is 0 Å². The van der Waals surface area contributed by atoms with E-state index in [0.29, 0.717) is 26.7 Å². The van der Waals surface area contributed by atoms with Crippen molar-refractivity contribution in [3.63, 3.8) is 0 Å². The van der Waals surface area contributed by atoms with Crippen LogP contribution in [0.4, 0.5) is 32.2 Å². The molecule has 0 unspecified atom stereocenters. The van der Waals surface area contributed by atoms with E-state index in [1.165, 1.54) is 18.2 Å². The zero-order valence-electron chi connectivity index (χ0n) is 15.5.